The Morgan fingerprint density at radius 1 is 1.35 bits per heavy atom. The summed E-state index contributed by atoms with van der Waals surface area (Å²) in [5.41, 5.74) is 0.565. The van der Waals surface area contributed by atoms with Crippen molar-refractivity contribution in [3.05, 3.63) is 35.6 Å². The molecule has 1 amide bonds. The van der Waals surface area contributed by atoms with Crippen molar-refractivity contribution >= 4 is 21.8 Å². The summed E-state index contributed by atoms with van der Waals surface area (Å²) in [6.45, 7) is 5.22. The molecule has 0 saturated heterocycles. The van der Waals surface area contributed by atoms with E-state index in [1.807, 2.05) is 13.8 Å². The Labute approximate surface area is 110 Å². The van der Waals surface area contributed by atoms with E-state index in [1.165, 1.54) is 6.07 Å². The van der Waals surface area contributed by atoms with Crippen LogP contribution in [0.1, 0.15) is 19.4 Å². The van der Waals surface area contributed by atoms with Gasteiger partial charge in [-0.3, -0.25) is 4.79 Å². The van der Waals surface area contributed by atoms with E-state index in [2.05, 4.69) is 15.9 Å². The van der Waals surface area contributed by atoms with E-state index in [9.17, 15) is 9.18 Å². The van der Waals surface area contributed by atoms with Crippen LogP contribution in [0.15, 0.2) is 24.3 Å². The Kier molecular flexibility index (Phi) is 5.62. The van der Waals surface area contributed by atoms with Crippen LogP contribution in [0.4, 0.5) is 4.39 Å². The maximum absolute atomic E-state index is 13.4. The average Bonchev–Trinajstić information content (AvgIpc) is 2.33. The largest absolute Gasteiger partial charge is 0.342 e. The van der Waals surface area contributed by atoms with Gasteiger partial charge in [0.15, 0.2) is 0 Å². The monoisotopic (exact) mass is 301 g/mol. The normalized spacial score (nSPS) is 12.2. The molecule has 1 aromatic rings. The molecule has 1 rings (SSSR count). The number of rotatable bonds is 5. The van der Waals surface area contributed by atoms with Crippen molar-refractivity contribution in [1.29, 1.82) is 0 Å². The molecule has 4 heteroatoms. The molecule has 2 nitrogen and oxygen atoms in total. The molecule has 0 fully saturated rings. The van der Waals surface area contributed by atoms with Crippen molar-refractivity contribution in [1.82, 2.24) is 4.90 Å². The molecule has 94 valence electrons. The summed E-state index contributed by atoms with van der Waals surface area (Å²) in [6, 6.07) is 6.55. The molecule has 0 saturated carbocycles. The molecule has 0 aromatic heterocycles. The zero-order valence-corrected chi connectivity index (χ0v) is 11.7. The van der Waals surface area contributed by atoms with Gasteiger partial charge in [-0.1, -0.05) is 34.1 Å². The molecule has 0 N–H and O–H groups in total. The summed E-state index contributed by atoms with van der Waals surface area (Å²) in [5.74, 6) is -0.248. The van der Waals surface area contributed by atoms with Gasteiger partial charge in [-0.05, 0) is 31.9 Å². The molecule has 1 atom stereocenters. The zero-order valence-electron chi connectivity index (χ0n) is 10.1. The second-order valence-electron chi connectivity index (χ2n) is 3.77. The Bertz CT molecular complexity index is 379. The topological polar surface area (TPSA) is 20.3 Å². The minimum absolute atomic E-state index is 0.0123. The Morgan fingerprint density at radius 2 is 1.94 bits per heavy atom. The van der Waals surface area contributed by atoms with Crippen LogP contribution in [0.25, 0.3) is 0 Å². The van der Waals surface area contributed by atoms with Crippen LogP contribution in [0, 0.1) is 5.82 Å². The lowest BCUT2D eigenvalue weighted by Crippen LogP contribution is -2.37. The zero-order chi connectivity index (χ0) is 12.8. The summed E-state index contributed by atoms with van der Waals surface area (Å²) < 4.78 is 13.4. The van der Waals surface area contributed by atoms with E-state index < -0.39 is 0 Å². The molecular formula is C13H17BrFNO. The second kappa shape index (κ2) is 6.74. The van der Waals surface area contributed by atoms with Crippen LogP contribution in [0.3, 0.4) is 0 Å². The maximum Gasteiger partial charge on any atom is 0.236 e. The fraction of sp³-hybridized carbons (Fsp3) is 0.462. The van der Waals surface area contributed by atoms with Crippen LogP contribution in [-0.4, -0.2) is 28.7 Å². The standard InChI is InChI=1S/C13H17BrFNO/c1-3-16(4-2)13(17)11(14)9-10-7-5-6-8-12(10)15/h5-8,11H,3-4,9H2,1-2H3. The fourth-order valence-electron chi connectivity index (χ4n) is 1.68. The van der Waals surface area contributed by atoms with Crippen molar-refractivity contribution in [3.63, 3.8) is 0 Å². The number of amides is 1. The van der Waals surface area contributed by atoms with Gasteiger partial charge >= 0.3 is 0 Å². The smallest absolute Gasteiger partial charge is 0.236 e. The fourth-order valence-corrected chi connectivity index (χ4v) is 2.32. The van der Waals surface area contributed by atoms with Crippen molar-refractivity contribution in [2.45, 2.75) is 25.1 Å². The van der Waals surface area contributed by atoms with Crippen LogP contribution >= 0.6 is 15.9 Å². The molecular weight excluding hydrogens is 285 g/mol. The summed E-state index contributed by atoms with van der Waals surface area (Å²) in [4.78, 5) is 13.4. The van der Waals surface area contributed by atoms with Gasteiger partial charge in [0.1, 0.15) is 5.82 Å². The van der Waals surface area contributed by atoms with Gasteiger partial charge in [-0.15, -0.1) is 0 Å². The third kappa shape index (κ3) is 3.80. The molecule has 17 heavy (non-hydrogen) atoms. The molecule has 0 aliphatic rings. The number of carbonyl (C=O) groups excluding carboxylic acids is 1. The molecule has 1 aromatic carbocycles. The van der Waals surface area contributed by atoms with Gasteiger partial charge in [-0.2, -0.15) is 0 Å². The molecule has 0 heterocycles. The van der Waals surface area contributed by atoms with Crippen LogP contribution in [-0.2, 0) is 11.2 Å². The third-order valence-corrected chi connectivity index (χ3v) is 3.42. The highest BCUT2D eigenvalue weighted by atomic mass is 79.9. The molecule has 0 aliphatic carbocycles. The van der Waals surface area contributed by atoms with Crippen LogP contribution < -0.4 is 0 Å². The quantitative estimate of drug-likeness (QED) is 0.766. The van der Waals surface area contributed by atoms with Crippen LogP contribution in [0.2, 0.25) is 0 Å². The molecule has 0 aliphatic heterocycles. The first-order chi connectivity index (χ1) is 8.10. The number of carbonyl (C=O) groups is 1. The highest BCUT2D eigenvalue weighted by Gasteiger charge is 2.21. The number of nitrogens with zero attached hydrogens (tertiary/aromatic N) is 1. The summed E-state index contributed by atoms with van der Waals surface area (Å²) >= 11 is 3.34. The molecule has 0 bridgehead atoms. The Balaban J connectivity index is 2.69. The number of hydrogen-bond acceptors (Lipinski definition) is 1. The predicted molar refractivity (Wildman–Crippen MR) is 70.7 cm³/mol. The van der Waals surface area contributed by atoms with E-state index in [4.69, 9.17) is 0 Å². The molecule has 0 spiro atoms. The van der Waals surface area contributed by atoms with E-state index in [0.717, 1.165) is 0 Å². The van der Waals surface area contributed by atoms with Gasteiger partial charge < -0.3 is 4.90 Å². The first-order valence-corrected chi connectivity index (χ1v) is 6.68. The number of benzene rings is 1. The average molecular weight is 302 g/mol. The highest BCUT2D eigenvalue weighted by Crippen LogP contribution is 2.15. The minimum atomic E-state index is -0.362. The maximum atomic E-state index is 13.4. The number of hydrogen-bond donors (Lipinski definition) is 0. The Hall–Kier alpha value is -0.900. The third-order valence-electron chi connectivity index (χ3n) is 2.70. The van der Waals surface area contributed by atoms with Gasteiger partial charge in [0.25, 0.3) is 0 Å². The van der Waals surface area contributed by atoms with Crippen molar-refractivity contribution < 1.29 is 9.18 Å². The van der Waals surface area contributed by atoms with Gasteiger partial charge in [-0.25, -0.2) is 4.39 Å². The first-order valence-electron chi connectivity index (χ1n) is 5.76. The number of alkyl halides is 1. The predicted octanol–water partition coefficient (Wildman–Crippen LogP) is 3.00. The van der Waals surface area contributed by atoms with E-state index in [0.29, 0.717) is 25.1 Å². The van der Waals surface area contributed by atoms with Gasteiger partial charge in [0, 0.05) is 13.1 Å². The van der Waals surface area contributed by atoms with E-state index in [1.54, 1.807) is 23.1 Å². The summed E-state index contributed by atoms with van der Waals surface area (Å²) in [6.07, 6.45) is 0.377. The van der Waals surface area contributed by atoms with E-state index in [-0.39, 0.29) is 16.6 Å². The SMILES string of the molecule is CCN(CC)C(=O)C(Br)Cc1ccccc1F. The molecule has 1 unspecified atom stereocenters. The molecule has 0 radical (unpaired) electrons. The first kappa shape index (κ1) is 14.2. The lowest BCUT2D eigenvalue weighted by molar-refractivity contribution is -0.130. The van der Waals surface area contributed by atoms with Crippen molar-refractivity contribution in [3.8, 4) is 0 Å². The van der Waals surface area contributed by atoms with Crippen molar-refractivity contribution in [2.75, 3.05) is 13.1 Å². The number of halogens is 2. The van der Waals surface area contributed by atoms with Gasteiger partial charge in [0.05, 0.1) is 4.83 Å². The summed E-state index contributed by atoms with van der Waals surface area (Å²) in [7, 11) is 0. The minimum Gasteiger partial charge on any atom is -0.342 e. The highest BCUT2D eigenvalue weighted by molar-refractivity contribution is 9.10. The Morgan fingerprint density at radius 3 is 2.47 bits per heavy atom. The second-order valence-corrected chi connectivity index (χ2v) is 4.88. The lowest BCUT2D eigenvalue weighted by atomic mass is 10.1. The van der Waals surface area contributed by atoms with Crippen LogP contribution in [0.5, 0.6) is 0 Å². The van der Waals surface area contributed by atoms with E-state index >= 15 is 0 Å². The van der Waals surface area contributed by atoms with Crippen molar-refractivity contribution in [2.24, 2.45) is 0 Å². The lowest BCUT2D eigenvalue weighted by Gasteiger charge is -2.22. The van der Waals surface area contributed by atoms with Gasteiger partial charge in [0.2, 0.25) is 5.91 Å². The summed E-state index contributed by atoms with van der Waals surface area (Å²) in [5, 5.41) is 0.